The fourth-order valence-corrected chi connectivity index (χ4v) is 4.08. The van der Waals surface area contributed by atoms with Crippen molar-refractivity contribution in [2.24, 2.45) is 4.99 Å². The molecular weight excluding hydrogens is 350 g/mol. The number of amides is 3. The summed E-state index contributed by atoms with van der Waals surface area (Å²) >= 11 is 0. The van der Waals surface area contributed by atoms with Crippen molar-refractivity contribution in [2.75, 3.05) is 14.2 Å². The Bertz CT molecular complexity index is 834. The maximum Gasteiger partial charge on any atom is 0.347 e. The smallest absolute Gasteiger partial charge is 0.347 e. The number of carbonyl (C=O) groups is 2. The minimum atomic E-state index is -4.10. The maximum atomic E-state index is 12.6. The Kier molecular flexibility index (Phi) is 5.43. The van der Waals surface area contributed by atoms with E-state index in [1.54, 1.807) is 25.1 Å². The molecule has 1 heterocycles. The first-order chi connectivity index (χ1) is 11.7. The zero-order valence-corrected chi connectivity index (χ0v) is 15.0. The van der Waals surface area contributed by atoms with E-state index in [1.807, 2.05) is 5.32 Å². The first-order valence-corrected chi connectivity index (χ1v) is 8.87. The lowest BCUT2D eigenvalue weighted by Crippen LogP contribution is -2.53. The van der Waals surface area contributed by atoms with Gasteiger partial charge in [-0.15, -0.1) is 0 Å². The third kappa shape index (κ3) is 3.97. The number of urea groups is 1. The molecule has 0 radical (unpaired) electrons. The van der Waals surface area contributed by atoms with E-state index in [4.69, 9.17) is 9.47 Å². The van der Waals surface area contributed by atoms with Gasteiger partial charge in [0.25, 0.3) is 5.91 Å². The summed E-state index contributed by atoms with van der Waals surface area (Å²) < 4.78 is 37.9. The molecule has 9 nitrogen and oxygen atoms in total. The van der Waals surface area contributed by atoms with Gasteiger partial charge in [0.15, 0.2) is 16.7 Å². The Morgan fingerprint density at radius 1 is 1.20 bits per heavy atom. The number of nitrogens with one attached hydrogen (secondary N) is 2. The van der Waals surface area contributed by atoms with Crippen LogP contribution in [-0.4, -0.2) is 45.5 Å². The summed E-state index contributed by atoms with van der Waals surface area (Å²) in [4.78, 5) is 26.6. The second kappa shape index (κ2) is 7.19. The molecule has 1 aromatic carbocycles. The predicted molar refractivity (Wildman–Crippen MR) is 90.5 cm³/mol. The molecule has 0 fully saturated rings. The highest BCUT2D eigenvalue weighted by Gasteiger charge is 2.40. The second-order valence-corrected chi connectivity index (χ2v) is 7.22. The molecule has 2 rings (SSSR count). The maximum absolute atomic E-state index is 12.6. The number of imide groups is 1. The number of benzene rings is 1. The van der Waals surface area contributed by atoms with Crippen molar-refractivity contribution >= 4 is 27.7 Å². The van der Waals surface area contributed by atoms with Crippen LogP contribution >= 0.6 is 0 Å². The van der Waals surface area contributed by atoms with Crippen LogP contribution in [0, 0.1) is 0 Å². The number of nitrogens with zero attached hydrogens (tertiary/aromatic N) is 1. The Labute approximate surface area is 145 Å². The van der Waals surface area contributed by atoms with E-state index >= 15 is 0 Å². The number of ether oxygens (including phenoxy) is 2. The zero-order valence-electron chi connectivity index (χ0n) is 14.2. The van der Waals surface area contributed by atoms with Crippen LogP contribution in [0.4, 0.5) is 4.79 Å². The standard InChI is InChI=1S/C15H19N3O6S/c1-8(10-5-6-11(23-3)12(7-10)24-4)18-25(21,22)13-9(2)16-15(20)17-14(13)19/h5-8,13,18H,1-4H3,(H,17,19,20). The number of sulfonamides is 1. The molecule has 10 heteroatoms. The summed E-state index contributed by atoms with van der Waals surface area (Å²) in [5, 5.41) is 0.329. The first-order valence-electron chi connectivity index (χ1n) is 7.32. The van der Waals surface area contributed by atoms with E-state index in [0.29, 0.717) is 17.1 Å². The predicted octanol–water partition coefficient (Wildman–Crippen LogP) is 0.764. The van der Waals surface area contributed by atoms with E-state index < -0.39 is 33.3 Å². The van der Waals surface area contributed by atoms with E-state index in [1.165, 1.54) is 21.1 Å². The number of methoxy groups -OCH3 is 2. The van der Waals surface area contributed by atoms with Gasteiger partial charge in [0.1, 0.15) is 0 Å². The third-order valence-corrected chi connectivity index (χ3v) is 5.54. The van der Waals surface area contributed by atoms with Gasteiger partial charge in [-0.1, -0.05) is 6.07 Å². The molecule has 3 amide bonds. The molecule has 1 aliphatic rings. The molecule has 0 saturated heterocycles. The number of carbonyl (C=O) groups excluding carboxylic acids is 2. The van der Waals surface area contributed by atoms with Crippen LogP contribution in [0.1, 0.15) is 25.5 Å². The number of hydrogen-bond donors (Lipinski definition) is 2. The third-order valence-electron chi connectivity index (χ3n) is 3.68. The van der Waals surface area contributed by atoms with Crippen LogP contribution in [0.3, 0.4) is 0 Å². The van der Waals surface area contributed by atoms with Gasteiger partial charge in [0.05, 0.1) is 14.2 Å². The summed E-state index contributed by atoms with van der Waals surface area (Å²) in [6.45, 7) is 2.94. The number of aliphatic imine (C=N–C) groups is 1. The van der Waals surface area contributed by atoms with Crippen LogP contribution in [0.5, 0.6) is 11.5 Å². The summed E-state index contributed by atoms with van der Waals surface area (Å²) in [6.07, 6.45) is 0. The van der Waals surface area contributed by atoms with Crippen LogP contribution in [-0.2, 0) is 14.8 Å². The fourth-order valence-electron chi connectivity index (χ4n) is 2.48. The monoisotopic (exact) mass is 369 g/mol. The topological polar surface area (TPSA) is 123 Å². The largest absolute Gasteiger partial charge is 0.493 e. The molecule has 136 valence electrons. The highest BCUT2D eigenvalue weighted by molar-refractivity contribution is 7.91. The van der Waals surface area contributed by atoms with Gasteiger partial charge in [0, 0.05) is 11.8 Å². The fraction of sp³-hybridized carbons (Fsp3) is 0.400. The van der Waals surface area contributed by atoms with Crippen LogP contribution in [0.2, 0.25) is 0 Å². The molecule has 0 bridgehead atoms. The van der Waals surface area contributed by atoms with Crippen LogP contribution < -0.4 is 19.5 Å². The highest BCUT2D eigenvalue weighted by atomic mass is 32.2. The van der Waals surface area contributed by atoms with Crippen molar-refractivity contribution < 1.29 is 27.5 Å². The molecule has 0 saturated carbocycles. The lowest BCUT2D eigenvalue weighted by atomic mass is 10.1. The van der Waals surface area contributed by atoms with Gasteiger partial charge in [-0.3, -0.25) is 10.1 Å². The Morgan fingerprint density at radius 2 is 1.84 bits per heavy atom. The van der Waals surface area contributed by atoms with Crippen LogP contribution in [0.25, 0.3) is 0 Å². The van der Waals surface area contributed by atoms with Crippen molar-refractivity contribution in [3.05, 3.63) is 23.8 Å². The minimum absolute atomic E-state index is 0.0826. The Hall–Kier alpha value is -2.46. The number of hydrogen-bond acceptors (Lipinski definition) is 6. The molecular formula is C15H19N3O6S. The van der Waals surface area contributed by atoms with Crippen molar-refractivity contribution in [1.82, 2.24) is 10.0 Å². The van der Waals surface area contributed by atoms with Crippen molar-refractivity contribution in [3.8, 4) is 11.5 Å². The van der Waals surface area contributed by atoms with Gasteiger partial charge in [-0.2, -0.15) is 0 Å². The highest BCUT2D eigenvalue weighted by Crippen LogP contribution is 2.30. The average Bonchev–Trinajstić information content (AvgIpc) is 2.52. The summed E-state index contributed by atoms with van der Waals surface area (Å²) in [6, 6.07) is 3.44. The molecule has 2 atom stereocenters. The SMILES string of the molecule is COc1ccc(C(C)NS(=O)(=O)C2C(=O)NC(=O)N=C2C)cc1OC. The van der Waals surface area contributed by atoms with Gasteiger partial charge < -0.3 is 9.47 Å². The molecule has 1 aliphatic heterocycles. The normalized spacial score (nSPS) is 19.0. The van der Waals surface area contributed by atoms with Gasteiger partial charge in [-0.25, -0.2) is 22.9 Å². The quantitative estimate of drug-likeness (QED) is 0.763. The molecule has 2 unspecified atom stereocenters. The Balaban J connectivity index is 2.27. The van der Waals surface area contributed by atoms with E-state index in [2.05, 4.69) is 9.71 Å². The second-order valence-electron chi connectivity index (χ2n) is 5.43. The first kappa shape index (κ1) is 18.9. The lowest BCUT2D eigenvalue weighted by molar-refractivity contribution is -0.118. The summed E-state index contributed by atoms with van der Waals surface area (Å²) in [5.41, 5.74) is 0.531. The molecule has 25 heavy (non-hydrogen) atoms. The zero-order chi connectivity index (χ0) is 18.8. The molecule has 2 N–H and O–H groups in total. The van der Waals surface area contributed by atoms with Gasteiger partial charge in [-0.05, 0) is 31.5 Å². The van der Waals surface area contributed by atoms with Crippen molar-refractivity contribution in [1.29, 1.82) is 0 Å². The van der Waals surface area contributed by atoms with Crippen LogP contribution in [0.15, 0.2) is 23.2 Å². The van der Waals surface area contributed by atoms with Gasteiger partial charge >= 0.3 is 6.03 Å². The molecule has 0 aromatic heterocycles. The molecule has 1 aromatic rings. The van der Waals surface area contributed by atoms with Crippen molar-refractivity contribution in [2.45, 2.75) is 25.1 Å². The molecule has 0 spiro atoms. The Morgan fingerprint density at radius 3 is 2.40 bits per heavy atom. The average molecular weight is 369 g/mol. The van der Waals surface area contributed by atoms with E-state index in [-0.39, 0.29) is 5.71 Å². The van der Waals surface area contributed by atoms with E-state index in [9.17, 15) is 18.0 Å². The minimum Gasteiger partial charge on any atom is -0.493 e. The molecule has 0 aliphatic carbocycles. The van der Waals surface area contributed by atoms with Gasteiger partial charge in [0.2, 0.25) is 10.0 Å². The number of rotatable bonds is 6. The summed E-state index contributed by atoms with van der Waals surface area (Å²) in [7, 11) is -1.14. The van der Waals surface area contributed by atoms with Crippen molar-refractivity contribution in [3.63, 3.8) is 0 Å². The van der Waals surface area contributed by atoms with E-state index in [0.717, 1.165) is 0 Å². The lowest BCUT2D eigenvalue weighted by Gasteiger charge is -2.23. The summed E-state index contributed by atoms with van der Waals surface area (Å²) in [5.74, 6) is 0.0313.